The molecule has 0 aromatic heterocycles. The number of para-hydroxylation sites is 1. The Hall–Kier alpha value is -1.20. The maximum absolute atomic E-state index is 13.0. The first kappa shape index (κ1) is 20.1. The number of fused-ring (bicyclic) bond motifs is 2. The normalized spacial score (nSPS) is 12.9. The summed E-state index contributed by atoms with van der Waals surface area (Å²) in [6.45, 7) is 6.93. The molecule has 3 nitrogen and oxygen atoms in total. The van der Waals surface area contributed by atoms with Gasteiger partial charge in [-0.05, 0) is 51.1 Å². The van der Waals surface area contributed by atoms with Crippen molar-refractivity contribution in [2.45, 2.75) is 42.5 Å². The average Bonchev–Trinajstić information content (AvgIpc) is 2.51. The second-order valence-corrected chi connectivity index (χ2v) is 8.36. The summed E-state index contributed by atoms with van der Waals surface area (Å²) >= 11 is 7.85. The van der Waals surface area contributed by atoms with Crippen LogP contribution in [0.2, 0.25) is 5.02 Å². The Morgan fingerprint density at radius 3 is 2.52 bits per heavy atom. The molecule has 1 aliphatic rings. The van der Waals surface area contributed by atoms with E-state index in [0.29, 0.717) is 18.0 Å². The summed E-state index contributed by atoms with van der Waals surface area (Å²) in [4.78, 5) is 16.9. The summed E-state index contributed by atoms with van der Waals surface area (Å²) in [6.07, 6.45) is 0.433. The first-order chi connectivity index (χ1) is 11.3. The molecule has 0 saturated carbocycles. The molecule has 1 heterocycles. The van der Waals surface area contributed by atoms with Gasteiger partial charge in [-0.1, -0.05) is 35.5 Å². The molecule has 2 aromatic carbocycles. The van der Waals surface area contributed by atoms with Crippen LogP contribution in [0.4, 0.5) is 11.4 Å². The van der Waals surface area contributed by atoms with Crippen molar-refractivity contribution in [3.8, 4) is 0 Å². The molecular weight excluding hydrogens is 375 g/mol. The Balaban J connectivity index is 0.00000225. The number of rotatable bonds is 3. The molecular formula is C19H22Cl2N2OS. The van der Waals surface area contributed by atoms with E-state index in [1.54, 1.807) is 16.7 Å². The Labute approximate surface area is 164 Å². The smallest absolute Gasteiger partial charge is 0.232 e. The van der Waals surface area contributed by atoms with Crippen LogP contribution < -0.4 is 10.2 Å². The van der Waals surface area contributed by atoms with Crippen molar-refractivity contribution in [1.29, 1.82) is 0 Å². The number of nitrogens with one attached hydrogen (secondary N) is 1. The fourth-order valence-electron chi connectivity index (χ4n) is 2.65. The minimum Gasteiger partial charge on any atom is -0.312 e. The highest BCUT2D eigenvalue weighted by atomic mass is 35.5. The Morgan fingerprint density at radius 2 is 1.80 bits per heavy atom. The molecule has 0 bridgehead atoms. The van der Waals surface area contributed by atoms with Crippen molar-refractivity contribution in [2.75, 3.05) is 11.4 Å². The van der Waals surface area contributed by atoms with Crippen LogP contribution in [0.25, 0.3) is 0 Å². The molecule has 0 atom stereocenters. The van der Waals surface area contributed by atoms with Gasteiger partial charge in [0.2, 0.25) is 5.91 Å². The van der Waals surface area contributed by atoms with Gasteiger partial charge >= 0.3 is 0 Å². The van der Waals surface area contributed by atoms with E-state index in [4.69, 9.17) is 11.6 Å². The molecule has 0 spiro atoms. The molecule has 2 aromatic rings. The summed E-state index contributed by atoms with van der Waals surface area (Å²) in [6, 6.07) is 13.7. The number of nitrogens with zero attached hydrogens (tertiary/aromatic N) is 1. The van der Waals surface area contributed by atoms with Gasteiger partial charge in [0, 0.05) is 33.3 Å². The summed E-state index contributed by atoms with van der Waals surface area (Å²) in [5.74, 6) is 0.0722. The highest BCUT2D eigenvalue weighted by molar-refractivity contribution is 7.99. The molecule has 25 heavy (non-hydrogen) atoms. The lowest BCUT2D eigenvalue weighted by Crippen LogP contribution is -2.39. The quantitative estimate of drug-likeness (QED) is 0.724. The molecule has 0 fully saturated rings. The van der Waals surface area contributed by atoms with Crippen LogP contribution in [0.5, 0.6) is 0 Å². The van der Waals surface area contributed by atoms with E-state index in [9.17, 15) is 4.79 Å². The Bertz CT molecular complexity index is 774. The van der Waals surface area contributed by atoms with Crippen molar-refractivity contribution < 1.29 is 4.79 Å². The maximum atomic E-state index is 13.0. The van der Waals surface area contributed by atoms with Crippen LogP contribution in [-0.4, -0.2) is 18.0 Å². The molecule has 134 valence electrons. The maximum Gasteiger partial charge on any atom is 0.232 e. The number of hydrogen-bond donors (Lipinski definition) is 1. The molecule has 1 N–H and O–H groups in total. The summed E-state index contributed by atoms with van der Waals surface area (Å²) in [5.41, 5.74) is 1.79. The van der Waals surface area contributed by atoms with E-state index < -0.39 is 0 Å². The van der Waals surface area contributed by atoms with Gasteiger partial charge in [-0.2, -0.15) is 0 Å². The fraction of sp³-hybridized carbons (Fsp3) is 0.316. The number of carbonyl (C=O) groups excluding carboxylic acids is 1. The van der Waals surface area contributed by atoms with Crippen molar-refractivity contribution >= 4 is 53.1 Å². The zero-order valence-electron chi connectivity index (χ0n) is 14.5. The van der Waals surface area contributed by atoms with Crippen LogP contribution in [-0.2, 0) is 4.79 Å². The molecule has 6 heteroatoms. The predicted molar refractivity (Wildman–Crippen MR) is 109 cm³/mol. The van der Waals surface area contributed by atoms with Crippen LogP contribution >= 0.6 is 35.8 Å². The van der Waals surface area contributed by atoms with E-state index in [0.717, 1.165) is 21.2 Å². The topological polar surface area (TPSA) is 32.3 Å². The van der Waals surface area contributed by atoms with Crippen molar-refractivity contribution in [3.63, 3.8) is 0 Å². The minimum atomic E-state index is -0.00282. The van der Waals surface area contributed by atoms with Gasteiger partial charge < -0.3 is 5.32 Å². The SMILES string of the molecule is CC(C)(C)NCCC(=O)N1c2ccccc2Sc2ccc(Cl)cc21.Cl. The molecule has 3 rings (SSSR count). The number of amides is 1. The number of benzene rings is 2. The number of hydrogen-bond acceptors (Lipinski definition) is 3. The predicted octanol–water partition coefficient (Wildman–Crippen LogP) is 5.67. The van der Waals surface area contributed by atoms with Crippen LogP contribution in [0.1, 0.15) is 27.2 Å². The van der Waals surface area contributed by atoms with Crippen LogP contribution in [0, 0.1) is 0 Å². The van der Waals surface area contributed by atoms with E-state index in [1.807, 2.05) is 42.5 Å². The van der Waals surface area contributed by atoms with Gasteiger partial charge in [0.25, 0.3) is 0 Å². The molecule has 0 radical (unpaired) electrons. The third kappa shape index (κ3) is 4.70. The zero-order valence-corrected chi connectivity index (χ0v) is 16.9. The average molecular weight is 397 g/mol. The number of halogens is 2. The second kappa shape index (κ2) is 8.00. The number of anilines is 2. The Kier molecular flexibility index (Phi) is 6.44. The van der Waals surface area contributed by atoms with Gasteiger partial charge in [-0.15, -0.1) is 12.4 Å². The highest BCUT2D eigenvalue weighted by Crippen LogP contribution is 2.48. The molecule has 1 amide bonds. The zero-order chi connectivity index (χ0) is 17.3. The molecule has 1 aliphatic heterocycles. The molecule has 0 aliphatic carbocycles. The summed E-state index contributed by atoms with van der Waals surface area (Å²) in [5, 5.41) is 4.01. The van der Waals surface area contributed by atoms with E-state index in [2.05, 4.69) is 26.1 Å². The summed E-state index contributed by atoms with van der Waals surface area (Å²) in [7, 11) is 0. The highest BCUT2D eigenvalue weighted by Gasteiger charge is 2.28. The van der Waals surface area contributed by atoms with Gasteiger partial charge in [0.15, 0.2) is 0 Å². The fourth-order valence-corrected chi connectivity index (χ4v) is 3.86. The number of carbonyl (C=O) groups is 1. The van der Waals surface area contributed by atoms with Gasteiger partial charge in [0.1, 0.15) is 0 Å². The van der Waals surface area contributed by atoms with Crippen LogP contribution in [0.3, 0.4) is 0 Å². The largest absolute Gasteiger partial charge is 0.312 e. The first-order valence-corrected chi connectivity index (χ1v) is 9.19. The third-order valence-electron chi connectivity index (χ3n) is 3.73. The van der Waals surface area contributed by atoms with Crippen molar-refractivity contribution in [3.05, 3.63) is 47.5 Å². The van der Waals surface area contributed by atoms with Gasteiger partial charge in [-0.25, -0.2) is 0 Å². The van der Waals surface area contributed by atoms with Crippen molar-refractivity contribution in [1.82, 2.24) is 5.32 Å². The third-order valence-corrected chi connectivity index (χ3v) is 5.10. The molecule has 0 saturated heterocycles. The monoisotopic (exact) mass is 396 g/mol. The molecule has 0 unspecified atom stereocenters. The Morgan fingerprint density at radius 1 is 1.12 bits per heavy atom. The van der Waals surface area contributed by atoms with E-state index >= 15 is 0 Å². The lowest BCUT2D eigenvalue weighted by Gasteiger charge is -2.31. The minimum absolute atomic E-state index is 0. The standard InChI is InChI=1S/C19H21ClN2OS.ClH/c1-19(2,3)21-11-10-18(23)22-14-6-4-5-7-16(14)24-17-9-8-13(20)12-15(17)22;/h4-9,12,21H,10-11H2,1-3H3;1H. The van der Waals surface area contributed by atoms with E-state index in [1.165, 1.54) is 0 Å². The van der Waals surface area contributed by atoms with Gasteiger partial charge in [-0.3, -0.25) is 9.69 Å². The van der Waals surface area contributed by atoms with Gasteiger partial charge in [0.05, 0.1) is 11.4 Å². The van der Waals surface area contributed by atoms with Crippen LogP contribution in [0.15, 0.2) is 52.3 Å². The van der Waals surface area contributed by atoms with E-state index in [-0.39, 0.29) is 23.9 Å². The first-order valence-electron chi connectivity index (χ1n) is 7.99. The summed E-state index contributed by atoms with van der Waals surface area (Å²) < 4.78 is 0. The lowest BCUT2D eigenvalue weighted by molar-refractivity contribution is -0.117. The lowest BCUT2D eigenvalue weighted by atomic mass is 10.1. The second-order valence-electron chi connectivity index (χ2n) is 6.84. The van der Waals surface area contributed by atoms with Crippen molar-refractivity contribution in [2.24, 2.45) is 0 Å².